The van der Waals surface area contributed by atoms with E-state index in [9.17, 15) is 18.0 Å². The molecule has 2 N–H and O–H groups in total. The lowest BCUT2D eigenvalue weighted by atomic mass is 9.89. The Kier molecular flexibility index (Phi) is 6.02. The van der Waals surface area contributed by atoms with Gasteiger partial charge in [0, 0.05) is 43.5 Å². The average Bonchev–Trinajstić information content (AvgIpc) is 3.08. The molecular weight excluding hydrogens is 435 g/mol. The molecule has 2 fully saturated rings. The van der Waals surface area contributed by atoms with Crippen LogP contribution in [0.3, 0.4) is 0 Å². The maximum absolute atomic E-state index is 12.4. The van der Waals surface area contributed by atoms with Crippen LogP contribution in [0.5, 0.6) is 0 Å². The van der Waals surface area contributed by atoms with Crippen LogP contribution in [0.25, 0.3) is 0 Å². The predicted octanol–water partition coefficient (Wildman–Crippen LogP) is 2.17. The molecule has 1 amide bonds. The number of halogens is 3. The van der Waals surface area contributed by atoms with Crippen molar-refractivity contribution in [3.8, 4) is 0 Å². The number of nitrogens with one attached hydrogen (secondary N) is 1. The maximum atomic E-state index is 12.4. The molecule has 1 aliphatic carbocycles. The number of likely N-dealkylation sites (tertiary alicyclic amines) is 1. The van der Waals surface area contributed by atoms with Crippen molar-refractivity contribution in [3.05, 3.63) is 34.0 Å². The first-order chi connectivity index (χ1) is 14.7. The number of aliphatic carboxylic acids is 1. The van der Waals surface area contributed by atoms with Gasteiger partial charge in [0.25, 0.3) is 5.91 Å². The molecule has 12 heteroatoms. The van der Waals surface area contributed by atoms with Crippen LogP contribution in [0, 0.1) is 11.8 Å². The van der Waals surface area contributed by atoms with Crippen molar-refractivity contribution in [1.29, 1.82) is 0 Å². The number of hydrogen-bond acceptors (Lipinski definition) is 6. The van der Waals surface area contributed by atoms with E-state index >= 15 is 0 Å². The van der Waals surface area contributed by atoms with Gasteiger partial charge in [-0.3, -0.25) is 9.69 Å². The number of nitrogens with zero attached hydrogens (tertiary/aromatic N) is 4. The van der Waals surface area contributed by atoms with E-state index in [0.29, 0.717) is 23.7 Å². The second-order valence-electron chi connectivity index (χ2n) is 8.10. The SMILES string of the molecule is O=C(NC1CC1)c1nnc2n1CC1CN(Cc3cccs3)CC1C2.O=C(O)C(F)(F)F. The Morgan fingerprint density at radius 2 is 1.90 bits per heavy atom. The number of fused-ring (bicyclic) bond motifs is 2. The van der Waals surface area contributed by atoms with Crippen LogP contribution in [-0.4, -0.2) is 62.0 Å². The Hall–Kier alpha value is -2.47. The van der Waals surface area contributed by atoms with E-state index in [0.717, 1.165) is 51.3 Å². The standard InChI is InChI=1S/C17H21N5OS.C2HF3O2/c23-17(18-13-3-4-13)16-20-19-15-6-11-7-21(8-12(11)9-22(15)16)10-14-2-1-5-24-14;3-2(4,5)1(6)7/h1-2,5,11-13H,3-4,6-10H2,(H,18,23);(H,6,7). The fourth-order valence-electron chi connectivity index (χ4n) is 4.02. The summed E-state index contributed by atoms with van der Waals surface area (Å²) in [6, 6.07) is 4.69. The predicted molar refractivity (Wildman–Crippen MR) is 104 cm³/mol. The number of rotatable bonds is 4. The first-order valence-electron chi connectivity index (χ1n) is 9.98. The van der Waals surface area contributed by atoms with Gasteiger partial charge in [0.1, 0.15) is 5.82 Å². The van der Waals surface area contributed by atoms with E-state index in [1.165, 1.54) is 4.88 Å². The zero-order chi connectivity index (χ0) is 22.2. The number of aromatic nitrogens is 3. The molecule has 2 aromatic rings. The van der Waals surface area contributed by atoms with Crippen molar-refractivity contribution < 1.29 is 27.9 Å². The molecule has 2 atom stereocenters. The molecule has 0 aromatic carbocycles. The summed E-state index contributed by atoms with van der Waals surface area (Å²) in [5, 5.41) is 20.8. The molecule has 0 bridgehead atoms. The first kappa shape index (κ1) is 21.8. The molecule has 31 heavy (non-hydrogen) atoms. The number of carbonyl (C=O) groups is 2. The third-order valence-electron chi connectivity index (χ3n) is 5.66. The summed E-state index contributed by atoms with van der Waals surface area (Å²) in [6.45, 7) is 4.14. The molecule has 5 rings (SSSR count). The highest BCUT2D eigenvalue weighted by molar-refractivity contribution is 7.09. The number of thiophene rings is 1. The number of carboxylic acids is 1. The third-order valence-corrected chi connectivity index (χ3v) is 6.52. The topological polar surface area (TPSA) is 100 Å². The second kappa shape index (κ2) is 8.58. The Morgan fingerprint density at radius 3 is 2.52 bits per heavy atom. The van der Waals surface area contributed by atoms with E-state index < -0.39 is 12.1 Å². The summed E-state index contributed by atoms with van der Waals surface area (Å²) in [7, 11) is 0. The van der Waals surface area contributed by atoms with E-state index in [1.54, 1.807) is 0 Å². The molecular formula is C19H22F3N5O3S. The molecule has 0 spiro atoms. The molecule has 0 radical (unpaired) electrons. The van der Waals surface area contributed by atoms with Gasteiger partial charge < -0.3 is 15.0 Å². The molecule has 2 aromatic heterocycles. The maximum Gasteiger partial charge on any atom is 0.490 e. The van der Waals surface area contributed by atoms with Crippen molar-refractivity contribution in [2.45, 2.75) is 44.6 Å². The van der Waals surface area contributed by atoms with Gasteiger partial charge >= 0.3 is 12.1 Å². The third kappa shape index (κ3) is 5.24. The van der Waals surface area contributed by atoms with Gasteiger partial charge in [0.05, 0.1) is 0 Å². The fourth-order valence-corrected chi connectivity index (χ4v) is 4.76. The van der Waals surface area contributed by atoms with Gasteiger partial charge in [-0.25, -0.2) is 4.79 Å². The summed E-state index contributed by atoms with van der Waals surface area (Å²) in [4.78, 5) is 25.2. The van der Waals surface area contributed by atoms with Crippen molar-refractivity contribution in [2.24, 2.45) is 11.8 Å². The molecule has 8 nitrogen and oxygen atoms in total. The number of alkyl halides is 3. The van der Waals surface area contributed by atoms with Gasteiger partial charge in [-0.05, 0) is 36.1 Å². The number of carboxylic acid groups (broad SMARTS) is 1. The minimum atomic E-state index is -5.08. The Balaban J connectivity index is 0.000000289. The number of carbonyl (C=O) groups excluding carboxylic acids is 1. The Labute approximate surface area is 180 Å². The molecule has 1 saturated heterocycles. The minimum absolute atomic E-state index is 0.0526. The van der Waals surface area contributed by atoms with E-state index in [2.05, 4.69) is 42.5 Å². The molecule has 2 unspecified atom stereocenters. The summed E-state index contributed by atoms with van der Waals surface area (Å²) in [6.07, 6.45) is -1.96. The highest BCUT2D eigenvalue weighted by Crippen LogP contribution is 2.33. The van der Waals surface area contributed by atoms with E-state index in [-0.39, 0.29) is 5.91 Å². The Morgan fingerprint density at radius 1 is 1.19 bits per heavy atom. The van der Waals surface area contributed by atoms with Gasteiger partial charge in [-0.2, -0.15) is 13.2 Å². The van der Waals surface area contributed by atoms with Crippen molar-refractivity contribution in [1.82, 2.24) is 25.0 Å². The fraction of sp³-hybridized carbons (Fsp3) is 0.579. The molecule has 4 heterocycles. The van der Waals surface area contributed by atoms with Crippen LogP contribution in [0.4, 0.5) is 13.2 Å². The van der Waals surface area contributed by atoms with Crippen LogP contribution in [0.2, 0.25) is 0 Å². The lowest BCUT2D eigenvalue weighted by Crippen LogP contribution is -2.33. The van der Waals surface area contributed by atoms with E-state index in [4.69, 9.17) is 9.90 Å². The van der Waals surface area contributed by atoms with Crippen molar-refractivity contribution in [3.63, 3.8) is 0 Å². The van der Waals surface area contributed by atoms with Crippen molar-refractivity contribution >= 4 is 23.2 Å². The number of hydrogen-bond donors (Lipinski definition) is 2. The smallest absolute Gasteiger partial charge is 0.475 e. The normalized spacial score (nSPS) is 22.8. The largest absolute Gasteiger partial charge is 0.490 e. The molecule has 2 aliphatic heterocycles. The average molecular weight is 457 g/mol. The van der Waals surface area contributed by atoms with Crippen molar-refractivity contribution in [2.75, 3.05) is 13.1 Å². The summed E-state index contributed by atoms with van der Waals surface area (Å²) in [5.41, 5.74) is 0. The lowest BCUT2D eigenvalue weighted by molar-refractivity contribution is -0.192. The highest BCUT2D eigenvalue weighted by Gasteiger charge is 2.40. The quantitative estimate of drug-likeness (QED) is 0.730. The van der Waals surface area contributed by atoms with Gasteiger partial charge in [-0.15, -0.1) is 21.5 Å². The summed E-state index contributed by atoms with van der Waals surface area (Å²) < 4.78 is 33.8. The van der Waals surface area contributed by atoms with Crippen LogP contribution in [0.15, 0.2) is 17.5 Å². The monoisotopic (exact) mass is 457 g/mol. The summed E-state index contributed by atoms with van der Waals surface area (Å²) in [5.74, 6) is -0.0835. The highest BCUT2D eigenvalue weighted by atomic mass is 32.1. The van der Waals surface area contributed by atoms with Crippen LogP contribution in [-0.2, 0) is 24.3 Å². The van der Waals surface area contributed by atoms with Crippen LogP contribution >= 0.6 is 11.3 Å². The van der Waals surface area contributed by atoms with Gasteiger partial charge in [0.2, 0.25) is 5.82 Å². The molecule has 1 saturated carbocycles. The zero-order valence-electron chi connectivity index (χ0n) is 16.5. The lowest BCUT2D eigenvalue weighted by Gasteiger charge is -2.25. The first-order valence-corrected chi connectivity index (χ1v) is 10.9. The van der Waals surface area contributed by atoms with Crippen LogP contribution < -0.4 is 5.32 Å². The van der Waals surface area contributed by atoms with E-state index in [1.807, 2.05) is 11.3 Å². The summed E-state index contributed by atoms with van der Waals surface area (Å²) >= 11 is 1.83. The Bertz CT molecular complexity index is 942. The van der Waals surface area contributed by atoms with Gasteiger partial charge in [-0.1, -0.05) is 6.07 Å². The minimum Gasteiger partial charge on any atom is -0.475 e. The number of amides is 1. The molecule has 168 valence electrons. The zero-order valence-corrected chi connectivity index (χ0v) is 17.3. The molecule has 3 aliphatic rings. The van der Waals surface area contributed by atoms with Crippen LogP contribution in [0.1, 0.15) is 34.2 Å². The second-order valence-corrected chi connectivity index (χ2v) is 9.13. The van der Waals surface area contributed by atoms with Gasteiger partial charge in [0.15, 0.2) is 0 Å².